The monoisotopic (exact) mass is 272 g/mol. The van der Waals surface area contributed by atoms with Gasteiger partial charge in [-0.05, 0) is 57.4 Å². The van der Waals surface area contributed by atoms with Crippen LogP contribution in [0.5, 0.6) is 5.75 Å². The number of nitrogens with zero attached hydrogens (tertiary/aromatic N) is 2. The Hall–Kier alpha value is -2.02. The van der Waals surface area contributed by atoms with Gasteiger partial charge in [-0.2, -0.15) is 5.26 Å². The van der Waals surface area contributed by atoms with E-state index in [1.54, 1.807) is 24.3 Å². The SMILES string of the molecule is C[C@@H]1CCC[C@H](C)N1C(=O)COc1ccc(C#N)cc1. The molecule has 1 heterocycles. The summed E-state index contributed by atoms with van der Waals surface area (Å²) in [6.45, 7) is 4.24. The van der Waals surface area contributed by atoms with Crippen LogP contribution in [0.15, 0.2) is 24.3 Å². The second kappa shape index (κ2) is 6.42. The molecule has 1 aliphatic rings. The molecule has 20 heavy (non-hydrogen) atoms. The molecule has 1 aromatic carbocycles. The minimum Gasteiger partial charge on any atom is -0.484 e. The van der Waals surface area contributed by atoms with Crippen LogP contribution in [0.25, 0.3) is 0 Å². The average molecular weight is 272 g/mol. The highest BCUT2D eigenvalue weighted by molar-refractivity contribution is 5.78. The Labute approximate surface area is 120 Å². The van der Waals surface area contributed by atoms with E-state index in [9.17, 15) is 4.79 Å². The van der Waals surface area contributed by atoms with Crippen molar-refractivity contribution in [2.75, 3.05) is 6.61 Å². The summed E-state index contributed by atoms with van der Waals surface area (Å²) in [6, 6.07) is 9.43. The number of nitriles is 1. The molecule has 0 bridgehead atoms. The van der Waals surface area contributed by atoms with Crippen LogP contribution in [0.4, 0.5) is 0 Å². The van der Waals surface area contributed by atoms with Crippen molar-refractivity contribution in [3.63, 3.8) is 0 Å². The molecule has 2 atom stereocenters. The van der Waals surface area contributed by atoms with E-state index in [2.05, 4.69) is 19.9 Å². The summed E-state index contributed by atoms with van der Waals surface area (Å²) in [5, 5.41) is 8.72. The van der Waals surface area contributed by atoms with E-state index in [1.807, 2.05) is 4.90 Å². The summed E-state index contributed by atoms with van der Waals surface area (Å²) in [4.78, 5) is 14.2. The third-order valence-corrected chi connectivity index (χ3v) is 3.83. The van der Waals surface area contributed by atoms with Crippen molar-refractivity contribution in [1.82, 2.24) is 4.90 Å². The molecule has 0 unspecified atom stereocenters. The number of hydrogen-bond acceptors (Lipinski definition) is 3. The summed E-state index contributed by atoms with van der Waals surface area (Å²) >= 11 is 0. The first-order valence-electron chi connectivity index (χ1n) is 7.06. The molecule has 0 radical (unpaired) electrons. The Bertz CT molecular complexity index is 494. The van der Waals surface area contributed by atoms with Gasteiger partial charge in [0.25, 0.3) is 5.91 Å². The zero-order valence-electron chi connectivity index (χ0n) is 12.0. The van der Waals surface area contributed by atoms with Gasteiger partial charge in [-0.1, -0.05) is 0 Å². The summed E-state index contributed by atoms with van der Waals surface area (Å²) in [7, 11) is 0. The number of carbonyl (C=O) groups is 1. The van der Waals surface area contributed by atoms with E-state index in [0.717, 1.165) is 12.8 Å². The number of carbonyl (C=O) groups excluding carboxylic acids is 1. The predicted octanol–water partition coefficient (Wildman–Crippen LogP) is 2.73. The smallest absolute Gasteiger partial charge is 0.260 e. The van der Waals surface area contributed by atoms with E-state index in [4.69, 9.17) is 10.00 Å². The van der Waals surface area contributed by atoms with E-state index in [-0.39, 0.29) is 24.6 Å². The number of piperidine rings is 1. The zero-order valence-corrected chi connectivity index (χ0v) is 12.0. The highest BCUT2D eigenvalue weighted by atomic mass is 16.5. The van der Waals surface area contributed by atoms with Crippen LogP contribution in [0.3, 0.4) is 0 Å². The van der Waals surface area contributed by atoms with Crippen LogP contribution < -0.4 is 4.74 Å². The van der Waals surface area contributed by atoms with Gasteiger partial charge in [0.15, 0.2) is 6.61 Å². The number of rotatable bonds is 3. The maximum absolute atomic E-state index is 12.3. The number of hydrogen-bond donors (Lipinski definition) is 0. The van der Waals surface area contributed by atoms with Gasteiger partial charge < -0.3 is 9.64 Å². The van der Waals surface area contributed by atoms with Crippen LogP contribution in [0.1, 0.15) is 38.7 Å². The normalized spacial score (nSPS) is 22.1. The Morgan fingerprint density at radius 1 is 1.30 bits per heavy atom. The first-order chi connectivity index (χ1) is 9.61. The molecule has 1 saturated heterocycles. The average Bonchev–Trinajstić information content (AvgIpc) is 2.45. The van der Waals surface area contributed by atoms with Gasteiger partial charge in [0, 0.05) is 12.1 Å². The molecule has 0 saturated carbocycles. The van der Waals surface area contributed by atoms with Gasteiger partial charge in [0.05, 0.1) is 11.6 Å². The van der Waals surface area contributed by atoms with Crippen molar-refractivity contribution in [1.29, 1.82) is 5.26 Å². The van der Waals surface area contributed by atoms with Gasteiger partial charge in [0.2, 0.25) is 0 Å². The number of likely N-dealkylation sites (tertiary alicyclic amines) is 1. The standard InChI is InChI=1S/C16H20N2O2/c1-12-4-3-5-13(2)18(12)16(19)11-20-15-8-6-14(10-17)7-9-15/h6-9,12-13H,3-5,11H2,1-2H3/t12-,13+. The summed E-state index contributed by atoms with van der Waals surface area (Å²) < 4.78 is 5.52. The lowest BCUT2D eigenvalue weighted by atomic mass is 9.97. The topological polar surface area (TPSA) is 53.3 Å². The summed E-state index contributed by atoms with van der Waals surface area (Å²) in [5.41, 5.74) is 0.585. The first-order valence-corrected chi connectivity index (χ1v) is 7.06. The van der Waals surface area contributed by atoms with Crippen molar-refractivity contribution in [3.8, 4) is 11.8 Å². The minimum atomic E-state index is 0.0362. The molecule has 1 amide bonds. The molecule has 0 aliphatic carbocycles. The lowest BCUT2D eigenvalue weighted by Gasteiger charge is -2.38. The van der Waals surface area contributed by atoms with Crippen LogP contribution in [0, 0.1) is 11.3 Å². The second-order valence-corrected chi connectivity index (χ2v) is 5.35. The minimum absolute atomic E-state index is 0.0362. The predicted molar refractivity (Wildman–Crippen MR) is 76.3 cm³/mol. The van der Waals surface area contributed by atoms with Gasteiger partial charge >= 0.3 is 0 Å². The maximum atomic E-state index is 12.3. The number of benzene rings is 1. The van der Waals surface area contributed by atoms with Crippen LogP contribution >= 0.6 is 0 Å². The van der Waals surface area contributed by atoms with Crippen molar-refractivity contribution >= 4 is 5.91 Å². The van der Waals surface area contributed by atoms with Gasteiger partial charge in [-0.3, -0.25) is 4.79 Å². The molecule has 0 N–H and O–H groups in total. The first kappa shape index (κ1) is 14.4. The molecule has 0 spiro atoms. The van der Waals surface area contributed by atoms with Crippen LogP contribution in [0.2, 0.25) is 0 Å². The van der Waals surface area contributed by atoms with Gasteiger partial charge in [0.1, 0.15) is 5.75 Å². The maximum Gasteiger partial charge on any atom is 0.260 e. The van der Waals surface area contributed by atoms with Gasteiger partial charge in [-0.25, -0.2) is 0 Å². The van der Waals surface area contributed by atoms with Crippen LogP contribution in [-0.2, 0) is 4.79 Å². The summed E-state index contributed by atoms with van der Waals surface area (Å²) in [5.74, 6) is 0.656. The molecular formula is C16H20N2O2. The Kier molecular flexibility index (Phi) is 4.62. The Morgan fingerprint density at radius 2 is 1.90 bits per heavy atom. The third-order valence-electron chi connectivity index (χ3n) is 3.83. The molecule has 2 rings (SSSR count). The number of amides is 1. The van der Waals surface area contributed by atoms with E-state index in [1.165, 1.54) is 6.42 Å². The fourth-order valence-electron chi connectivity index (χ4n) is 2.76. The van der Waals surface area contributed by atoms with Crippen molar-refractivity contribution in [3.05, 3.63) is 29.8 Å². The molecular weight excluding hydrogens is 252 g/mol. The quantitative estimate of drug-likeness (QED) is 0.850. The highest BCUT2D eigenvalue weighted by Gasteiger charge is 2.28. The molecule has 106 valence electrons. The number of ether oxygens (including phenoxy) is 1. The van der Waals surface area contributed by atoms with Crippen molar-refractivity contribution < 1.29 is 9.53 Å². The largest absolute Gasteiger partial charge is 0.484 e. The summed E-state index contributed by atoms with van der Waals surface area (Å²) in [6.07, 6.45) is 3.31. The molecule has 4 heteroatoms. The van der Waals surface area contributed by atoms with Crippen molar-refractivity contribution in [2.24, 2.45) is 0 Å². The van der Waals surface area contributed by atoms with E-state index < -0.39 is 0 Å². The molecule has 1 aromatic rings. The fraction of sp³-hybridized carbons (Fsp3) is 0.500. The van der Waals surface area contributed by atoms with Crippen LogP contribution in [-0.4, -0.2) is 29.5 Å². The second-order valence-electron chi connectivity index (χ2n) is 5.35. The lowest BCUT2D eigenvalue weighted by Crippen LogP contribution is -2.49. The molecule has 1 aliphatic heterocycles. The molecule has 0 aromatic heterocycles. The third kappa shape index (κ3) is 3.30. The highest BCUT2D eigenvalue weighted by Crippen LogP contribution is 2.22. The Morgan fingerprint density at radius 3 is 2.45 bits per heavy atom. The Balaban J connectivity index is 1.92. The van der Waals surface area contributed by atoms with Gasteiger partial charge in [-0.15, -0.1) is 0 Å². The van der Waals surface area contributed by atoms with E-state index in [0.29, 0.717) is 11.3 Å². The zero-order chi connectivity index (χ0) is 14.5. The lowest BCUT2D eigenvalue weighted by molar-refractivity contribution is -0.139. The molecule has 4 nitrogen and oxygen atoms in total. The van der Waals surface area contributed by atoms with E-state index >= 15 is 0 Å². The fourth-order valence-corrected chi connectivity index (χ4v) is 2.76. The van der Waals surface area contributed by atoms with Crippen molar-refractivity contribution in [2.45, 2.75) is 45.2 Å². The molecule has 1 fully saturated rings.